The van der Waals surface area contributed by atoms with Crippen LogP contribution in [0, 0.1) is 0 Å². The fourth-order valence-corrected chi connectivity index (χ4v) is 1.15. The molecule has 84 valence electrons. The van der Waals surface area contributed by atoms with Crippen LogP contribution in [0.4, 0.5) is 11.8 Å². The molecule has 0 amide bonds. The zero-order valence-corrected chi connectivity index (χ0v) is 9.20. The highest BCUT2D eigenvalue weighted by Crippen LogP contribution is 2.05. The molecule has 0 aliphatic carbocycles. The van der Waals surface area contributed by atoms with Gasteiger partial charge in [-0.1, -0.05) is 6.92 Å². The van der Waals surface area contributed by atoms with E-state index in [0.717, 1.165) is 25.2 Å². The first-order valence-corrected chi connectivity index (χ1v) is 5.19. The van der Waals surface area contributed by atoms with E-state index < -0.39 is 0 Å². The van der Waals surface area contributed by atoms with E-state index in [1.54, 1.807) is 19.3 Å². The summed E-state index contributed by atoms with van der Waals surface area (Å²) in [5.74, 6) is 1.37. The van der Waals surface area contributed by atoms with Crippen molar-refractivity contribution in [2.45, 2.75) is 25.9 Å². The van der Waals surface area contributed by atoms with Crippen molar-refractivity contribution in [1.82, 2.24) is 9.97 Å². The number of hydrogen-bond donors (Lipinski definition) is 3. The van der Waals surface area contributed by atoms with Gasteiger partial charge in [-0.15, -0.1) is 0 Å². The largest absolute Gasteiger partial charge is 0.393 e. The van der Waals surface area contributed by atoms with Gasteiger partial charge in [0.15, 0.2) is 0 Å². The summed E-state index contributed by atoms with van der Waals surface area (Å²) >= 11 is 0. The Morgan fingerprint density at radius 3 is 3.00 bits per heavy atom. The predicted molar refractivity (Wildman–Crippen MR) is 61.0 cm³/mol. The molecule has 0 bridgehead atoms. The summed E-state index contributed by atoms with van der Waals surface area (Å²) in [6.07, 6.45) is 2.98. The molecule has 5 nitrogen and oxygen atoms in total. The zero-order valence-electron chi connectivity index (χ0n) is 9.20. The molecule has 0 aromatic carbocycles. The molecule has 1 rings (SSSR count). The van der Waals surface area contributed by atoms with Gasteiger partial charge in [-0.05, 0) is 18.9 Å². The van der Waals surface area contributed by atoms with Gasteiger partial charge in [0.05, 0.1) is 6.10 Å². The van der Waals surface area contributed by atoms with Crippen molar-refractivity contribution in [1.29, 1.82) is 0 Å². The van der Waals surface area contributed by atoms with E-state index in [4.69, 9.17) is 0 Å². The van der Waals surface area contributed by atoms with E-state index in [-0.39, 0.29) is 6.10 Å². The number of anilines is 2. The topological polar surface area (TPSA) is 70.1 Å². The smallest absolute Gasteiger partial charge is 0.224 e. The molecule has 0 saturated heterocycles. The minimum atomic E-state index is -0.233. The van der Waals surface area contributed by atoms with E-state index in [0.29, 0.717) is 5.95 Å². The first-order chi connectivity index (χ1) is 7.26. The minimum Gasteiger partial charge on any atom is -0.393 e. The highest BCUT2D eigenvalue weighted by molar-refractivity contribution is 5.38. The summed E-state index contributed by atoms with van der Waals surface area (Å²) in [6, 6.07) is 1.80. The third-order valence-electron chi connectivity index (χ3n) is 2.13. The van der Waals surface area contributed by atoms with Crippen LogP contribution >= 0.6 is 0 Å². The number of aliphatic hydroxyl groups is 1. The fraction of sp³-hybridized carbons (Fsp3) is 0.600. The van der Waals surface area contributed by atoms with Crippen molar-refractivity contribution in [2.24, 2.45) is 0 Å². The van der Waals surface area contributed by atoms with Crippen molar-refractivity contribution in [3.8, 4) is 0 Å². The van der Waals surface area contributed by atoms with Crippen molar-refractivity contribution >= 4 is 11.8 Å². The average molecular weight is 210 g/mol. The van der Waals surface area contributed by atoms with E-state index >= 15 is 0 Å². The summed E-state index contributed by atoms with van der Waals surface area (Å²) in [5, 5.41) is 15.4. The van der Waals surface area contributed by atoms with Gasteiger partial charge in [0.25, 0.3) is 0 Å². The van der Waals surface area contributed by atoms with Crippen molar-refractivity contribution in [3.63, 3.8) is 0 Å². The first-order valence-electron chi connectivity index (χ1n) is 5.19. The van der Waals surface area contributed by atoms with Gasteiger partial charge in [-0.3, -0.25) is 0 Å². The number of rotatable bonds is 6. The van der Waals surface area contributed by atoms with Gasteiger partial charge >= 0.3 is 0 Å². The zero-order chi connectivity index (χ0) is 11.1. The van der Waals surface area contributed by atoms with Crippen LogP contribution < -0.4 is 10.6 Å². The normalized spacial score (nSPS) is 12.2. The molecule has 1 atom stereocenters. The van der Waals surface area contributed by atoms with Crippen LogP contribution in [0.3, 0.4) is 0 Å². The summed E-state index contributed by atoms with van der Waals surface area (Å²) in [6.45, 7) is 2.68. The number of nitrogens with one attached hydrogen (secondary N) is 2. The van der Waals surface area contributed by atoms with E-state index in [1.165, 1.54) is 0 Å². The van der Waals surface area contributed by atoms with Crippen molar-refractivity contribution in [3.05, 3.63) is 12.3 Å². The maximum Gasteiger partial charge on any atom is 0.224 e. The standard InChI is InChI=1S/C10H18N4O/c1-3-8(15)4-6-12-9-5-7-13-10(11-2)14-9/h5,7-8,15H,3-4,6H2,1-2H3,(H2,11,12,13,14). The molecular formula is C10H18N4O. The van der Waals surface area contributed by atoms with Crippen LogP contribution in [0.5, 0.6) is 0 Å². The minimum absolute atomic E-state index is 0.233. The second-order valence-electron chi connectivity index (χ2n) is 3.29. The van der Waals surface area contributed by atoms with Crippen LogP contribution in [0.15, 0.2) is 12.3 Å². The third kappa shape index (κ3) is 4.12. The third-order valence-corrected chi connectivity index (χ3v) is 2.13. The summed E-state index contributed by atoms with van der Waals surface area (Å²) in [4.78, 5) is 8.20. The van der Waals surface area contributed by atoms with E-state index in [2.05, 4.69) is 20.6 Å². The maximum atomic E-state index is 9.35. The van der Waals surface area contributed by atoms with Crippen molar-refractivity contribution < 1.29 is 5.11 Å². The summed E-state index contributed by atoms with van der Waals surface area (Å²) < 4.78 is 0. The number of aliphatic hydroxyl groups excluding tert-OH is 1. The fourth-order valence-electron chi connectivity index (χ4n) is 1.15. The highest BCUT2D eigenvalue weighted by Gasteiger charge is 2.00. The van der Waals surface area contributed by atoms with Crippen molar-refractivity contribution in [2.75, 3.05) is 24.2 Å². The molecule has 1 heterocycles. The second-order valence-corrected chi connectivity index (χ2v) is 3.29. The average Bonchev–Trinajstić information content (AvgIpc) is 2.29. The molecule has 1 aromatic heterocycles. The lowest BCUT2D eigenvalue weighted by Crippen LogP contribution is -2.13. The molecule has 1 aromatic rings. The van der Waals surface area contributed by atoms with Gasteiger partial charge < -0.3 is 15.7 Å². The summed E-state index contributed by atoms with van der Waals surface area (Å²) in [7, 11) is 1.78. The lowest BCUT2D eigenvalue weighted by molar-refractivity contribution is 0.164. The lowest BCUT2D eigenvalue weighted by atomic mass is 10.2. The Bertz CT molecular complexity index is 293. The molecular weight excluding hydrogens is 192 g/mol. The molecule has 15 heavy (non-hydrogen) atoms. The number of aromatic nitrogens is 2. The number of nitrogens with zero attached hydrogens (tertiary/aromatic N) is 2. The second kappa shape index (κ2) is 6.19. The van der Waals surface area contributed by atoms with Crippen LogP contribution in [0.2, 0.25) is 0 Å². The Morgan fingerprint density at radius 1 is 1.53 bits per heavy atom. The molecule has 0 saturated carbocycles. The molecule has 0 aliphatic rings. The Hall–Kier alpha value is -1.36. The predicted octanol–water partition coefficient (Wildman–Crippen LogP) is 1.09. The Kier molecular flexibility index (Phi) is 4.83. The molecule has 5 heteroatoms. The van der Waals surface area contributed by atoms with Gasteiger partial charge in [0, 0.05) is 19.8 Å². The quantitative estimate of drug-likeness (QED) is 0.655. The lowest BCUT2D eigenvalue weighted by Gasteiger charge is -2.09. The monoisotopic (exact) mass is 210 g/mol. The molecule has 0 aliphatic heterocycles. The molecule has 0 radical (unpaired) electrons. The van der Waals surface area contributed by atoms with Crippen LogP contribution in [-0.4, -0.2) is 34.8 Å². The Morgan fingerprint density at radius 2 is 2.33 bits per heavy atom. The first kappa shape index (κ1) is 11.7. The van der Waals surface area contributed by atoms with Gasteiger partial charge in [-0.2, -0.15) is 4.98 Å². The molecule has 3 N–H and O–H groups in total. The van der Waals surface area contributed by atoms with E-state index in [1.807, 2.05) is 6.92 Å². The Labute approximate surface area is 90.0 Å². The van der Waals surface area contributed by atoms with Crippen LogP contribution in [0.1, 0.15) is 19.8 Å². The van der Waals surface area contributed by atoms with E-state index in [9.17, 15) is 5.11 Å². The maximum absolute atomic E-state index is 9.35. The Balaban J connectivity index is 2.37. The van der Waals surface area contributed by atoms with Crippen LogP contribution in [-0.2, 0) is 0 Å². The summed E-state index contributed by atoms with van der Waals surface area (Å²) in [5.41, 5.74) is 0. The SMILES string of the molecule is CCC(O)CCNc1ccnc(NC)n1. The number of hydrogen-bond acceptors (Lipinski definition) is 5. The molecule has 1 unspecified atom stereocenters. The van der Waals surface area contributed by atoms with Gasteiger partial charge in [0.1, 0.15) is 5.82 Å². The van der Waals surface area contributed by atoms with Gasteiger partial charge in [-0.25, -0.2) is 4.98 Å². The van der Waals surface area contributed by atoms with Crippen LogP contribution in [0.25, 0.3) is 0 Å². The molecule has 0 fully saturated rings. The molecule has 0 spiro atoms. The highest BCUT2D eigenvalue weighted by atomic mass is 16.3. The van der Waals surface area contributed by atoms with Gasteiger partial charge in [0.2, 0.25) is 5.95 Å².